The Bertz CT molecular complexity index is 236. The van der Waals surface area contributed by atoms with Crippen LogP contribution >= 0.6 is 0 Å². The minimum Gasteiger partial charge on any atom is -0.394 e. The summed E-state index contributed by atoms with van der Waals surface area (Å²) in [5.74, 6) is -0.0737. The number of morpholine rings is 1. The number of hydrogen-bond acceptors (Lipinski definition) is 5. The highest BCUT2D eigenvalue weighted by Crippen LogP contribution is 2.11. The largest absolute Gasteiger partial charge is 0.394 e. The SMILES string of the molecule is COCCOCC(=O)N1CC(CO)OCC1C. The highest BCUT2D eigenvalue weighted by molar-refractivity contribution is 5.77. The van der Waals surface area contributed by atoms with Crippen molar-refractivity contribution in [3.8, 4) is 0 Å². The average molecular weight is 247 g/mol. The lowest BCUT2D eigenvalue weighted by molar-refractivity contribution is -0.151. The Balaban J connectivity index is 2.32. The Morgan fingerprint density at radius 1 is 1.53 bits per heavy atom. The second kappa shape index (κ2) is 7.60. The molecule has 1 heterocycles. The van der Waals surface area contributed by atoms with E-state index in [1.165, 1.54) is 0 Å². The van der Waals surface area contributed by atoms with Crippen LogP contribution < -0.4 is 0 Å². The minimum absolute atomic E-state index is 0.0244. The van der Waals surface area contributed by atoms with Gasteiger partial charge in [0, 0.05) is 13.7 Å². The van der Waals surface area contributed by atoms with E-state index in [0.29, 0.717) is 26.4 Å². The molecule has 0 radical (unpaired) electrons. The Kier molecular flexibility index (Phi) is 6.43. The molecule has 2 atom stereocenters. The summed E-state index contributed by atoms with van der Waals surface area (Å²) in [6.07, 6.45) is -0.283. The molecule has 1 aliphatic rings. The molecule has 17 heavy (non-hydrogen) atoms. The van der Waals surface area contributed by atoms with Crippen LogP contribution in [0.2, 0.25) is 0 Å². The summed E-state index contributed by atoms with van der Waals surface area (Å²) < 4.78 is 15.4. The molecule has 1 amide bonds. The van der Waals surface area contributed by atoms with Crippen LogP contribution in [0.25, 0.3) is 0 Å². The Morgan fingerprint density at radius 3 is 2.94 bits per heavy atom. The lowest BCUT2D eigenvalue weighted by atomic mass is 10.2. The fourth-order valence-electron chi connectivity index (χ4n) is 1.66. The van der Waals surface area contributed by atoms with Gasteiger partial charge in [0.25, 0.3) is 0 Å². The van der Waals surface area contributed by atoms with Crippen molar-refractivity contribution in [3.05, 3.63) is 0 Å². The number of carbonyl (C=O) groups excluding carboxylic acids is 1. The summed E-state index contributed by atoms with van der Waals surface area (Å²) in [5, 5.41) is 9.01. The van der Waals surface area contributed by atoms with Crippen LogP contribution in [0.5, 0.6) is 0 Å². The average Bonchev–Trinajstić information content (AvgIpc) is 2.35. The number of amides is 1. The molecule has 0 spiro atoms. The van der Waals surface area contributed by atoms with E-state index in [1.54, 1.807) is 12.0 Å². The molecule has 2 unspecified atom stereocenters. The van der Waals surface area contributed by atoms with E-state index in [9.17, 15) is 4.79 Å². The number of ether oxygens (including phenoxy) is 3. The van der Waals surface area contributed by atoms with E-state index in [-0.39, 0.29) is 31.3 Å². The lowest BCUT2D eigenvalue weighted by Crippen LogP contribution is -2.53. The fourth-order valence-corrected chi connectivity index (χ4v) is 1.66. The quantitative estimate of drug-likeness (QED) is 0.626. The van der Waals surface area contributed by atoms with Crippen LogP contribution in [-0.2, 0) is 19.0 Å². The standard InChI is InChI=1S/C11H21NO5/c1-9-7-17-10(6-13)5-12(9)11(14)8-16-4-3-15-2/h9-10,13H,3-8H2,1-2H3. The van der Waals surface area contributed by atoms with Gasteiger partial charge in [0.05, 0.1) is 38.6 Å². The van der Waals surface area contributed by atoms with Gasteiger partial charge in [-0.15, -0.1) is 0 Å². The molecule has 1 fully saturated rings. The third kappa shape index (κ3) is 4.59. The van der Waals surface area contributed by atoms with E-state index >= 15 is 0 Å². The first-order valence-corrected chi connectivity index (χ1v) is 5.77. The van der Waals surface area contributed by atoms with Crippen molar-refractivity contribution in [3.63, 3.8) is 0 Å². The first kappa shape index (κ1) is 14.4. The Hall–Kier alpha value is -0.690. The maximum Gasteiger partial charge on any atom is 0.248 e. The molecule has 0 aromatic rings. The second-order valence-electron chi connectivity index (χ2n) is 4.08. The first-order valence-electron chi connectivity index (χ1n) is 5.77. The molecule has 0 aliphatic carbocycles. The van der Waals surface area contributed by atoms with Gasteiger partial charge in [-0.2, -0.15) is 0 Å². The van der Waals surface area contributed by atoms with Crippen LogP contribution in [-0.4, -0.2) is 74.7 Å². The Labute approximate surface area is 101 Å². The predicted molar refractivity (Wildman–Crippen MR) is 60.7 cm³/mol. The highest BCUT2D eigenvalue weighted by atomic mass is 16.5. The molecule has 1 rings (SSSR count). The van der Waals surface area contributed by atoms with Gasteiger partial charge in [-0.25, -0.2) is 0 Å². The van der Waals surface area contributed by atoms with Gasteiger partial charge in [-0.3, -0.25) is 4.79 Å². The molecule has 6 heteroatoms. The van der Waals surface area contributed by atoms with Crippen LogP contribution in [0, 0.1) is 0 Å². The molecule has 1 saturated heterocycles. The summed E-state index contributed by atoms with van der Waals surface area (Å²) in [7, 11) is 1.58. The first-order chi connectivity index (χ1) is 8.19. The molecule has 0 aromatic heterocycles. The number of nitrogens with zero attached hydrogens (tertiary/aromatic N) is 1. The van der Waals surface area contributed by atoms with E-state index in [1.807, 2.05) is 6.92 Å². The topological polar surface area (TPSA) is 68.2 Å². The zero-order valence-corrected chi connectivity index (χ0v) is 10.4. The minimum atomic E-state index is -0.283. The van der Waals surface area contributed by atoms with Crippen molar-refractivity contribution in [1.82, 2.24) is 4.90 Å². The number of rotatable bonds is 6. The molecule has 1 N–H and O–H groups in total. The summed E-state index contributed by atoms with van der Waals surface area (Å²) in [4.78, 5) is 13.5. The van der Waals surface area contributed by atoms with Gasteiger partial charge in [0.15, 0.2) is 0 Å². The summed E-state index contributed by atoms with van der Waals surface area (Å²) in [6, 6.07) is 0.0244. The second-order valence-corrected chi connectivity index (χ2v) is 4.08. The number of hydrogen-bond donors (Lipinski definition) is 1. The van der Waals surface area contributed by atoms with Gasteiger partial charge >= 0.3 is 0 Å². The molecular weight excluding hydrogens is 226 g/mol. The molecule has 0 saturated carbocycles. The maximum atomic E-state index is 11.9. The summed E-state index contributed by atoms with van der Waals surface area (Å²) in [5.41, 5.74) is 0. The third-order valence-electron chi connectivity index (χ3n) is 2.69. The number of aliphatic hydroxyl groups excluding tert-OH is 1. The summed E-state index contributed by atoms with van der Waals surface area (Å²) >= 11 is 0. The molecule has 0 bridgehead atoms. The third-order valence-corrected chi connectivity index (χ3v) is 2.69. The fraction of sp³-hybridized carbons (Fsp3) is 0.909. The van der Waals surface area contributed by atoms with Crippen LogP contribution in [0.1, 0.15) is 6.92 Å². The maximum absolute atomic E-state index is 11.9. The lowest BCUT2D eigenvalue weighted by Gasteiger charge is -2.37. The summed E-state index contributed by atoms with van der Waals surface area (Å²) in [6.45, 7) is 3.66. The van der Waals surface area contributed by atoms with E-state index < -0.39 is 0 Å². The molecule has 6 nitrogen and oxygen atoms in total. The van der Waals surface area contributed by atoms with Crippen molar-refractivity contribution in [2.75, 3.05) is 46.7 Å². The van der Waals surface area contributed by atoms with Crippen LogP contribution in [0.4, 0.5) is 0 Å². The van der Waals surface area contributed by atoms with Crippen molar-refractivity contribution < 1.29 is 24.1 Å². The van der Waals surface area contributed by atoms with E-state index in [0.717, 1.165) is 0 Å². The molecule has 0 aromatic carbocycles. The van der Waals surface area contributed by atoms with E-state index in [2.05, 4.69) is 0 Å². The van der Waals surface area contributed by atoms with Crippen LogP contribution in [0.15, 0.2) is 0 Å². The Morgan fingerprint density at radius 2 is 2.29 bits per heavy atom. The number of aliphatic hydroxyl groups is 1. The highest BCUT2D eigenvalue weighted by Gasteiger charge is 2.28. The van der Waals surface area contributed by atoms with Gasteiger partial charge < -0.3 is 24.2 Å². The van der Waals surface area contributed by atoms with Crippen LogP contribution in [0.3, 0.4) is 0 Å². The number of carbonyl (C=O) groups is 1. The van der Waals surface area contributed by atoms with Crippen molar-refractivity contribution in [2.24, 2.45) is 0 Å². The number of methoxy groups -OCH3 is 1. The van der Waals surface area contributed by atoms with Crippen molar-refractivity contribution in [2.45, 2.75) is 19.1 Å². The van der Waals surface area contributed by atoms with Gasteiger partial charge in [0.2, 0.25) is 5.91 Å². The zero-order valence-electron chi connectivity index (χ0n) is 10.4. The van der Waals surface area contributed by atoms with Crippen molar-refractivity contribution >= 4 is 5.91 Å². The molecule has 100 valence electrons. The van der Waals surface area contributed by atoms with Gasteiger partial charge in [0.1, 0.15) is 6.61 Å². The van der Waals surface area contributed by atoms with Gasteiger partial charge in [-0.05, 0) is 6.92 Å². The van der Waals surface area contributed by atoms with E-state index in [4.69, 9.17) is 19.3 Å². The van der Waals surface area contributed by atoms with Crippen molar-refractivity contribution in [1.29, 1.82) is 0 Å². The van der Waals surface area contributed by atoms with Gasteiger partial charge in [-0.1, -0.05) is 0 Å². The normalized spacial score (nSPS) is 25.0. The molecule has 1 aliphatic heterocycles. The molecular formula is C11H21NO5. The smallest absolute Gasteiger partial charge is 0.248 e. The predicted octanol–water partition coefficient (Wildman–Crippen LogP) is -0.742. The zero-order chi connectivity index (χ0) is 12.7. The monoisotopic (exact) mass is 247 g/mol.